The van der Waals surface area contributed by atoms with Crippen molar-refractivity contribution in [1.82, 2.24) is 10.6 Å². The molecule has 1 aromatic heterocycles. The lowest BCUT2D eigenvalue weighted by atomic mass is 10.0. The number of nitrogens with two attached hydrogens (primary N) is 1. The van der Waals surface area contributed by atoms with Gasteiger partial charge in [0.2, 0.25) is 11.8 Å². The largest absolute Gasteiger partial charge is 0.481 e. The Kier molecular flexibility index (Phi) is 9.37. The summed E-state index contributed by atoms with van der Waals surface area (Å²) in [7, 11) is 0. The van der Waals surface area contributed by atoms with Crippen LogP contribution in [0.4, 0.5) is 0 Å². The number of hydrogen-bond donors (Lipinski definition) is 4. The minimum Gasteiger partial charge on any atom is -0.481 e. The summed E-state index contributed by atoms with van der Waals surface area (Å²) in [6.45, 7) is 0.273. The van der Waals surface area contributed by atoms with Crippen molar-refractivity contribution in [3.8, 4) is 21.6 Å². The lowest BCUT2D eigenvalue weighted by molar-refractivity contribution is -0.137. The summed E-state index contributed by atoms with van der Waals surface area (Å²) in [5.41, 5.74) is 9.84. The van der Waals surface area contributed by atoms with Gasteiger partial charge in [-0.3, -0.25) is 14.4 Å². The molecule has 34 heavy (non-hydrogen) atoms. The van der Waals surface area contributed by atoms with Crippen molar-refractivity contribution in [3.05, 3.63) is 71.6 Å². The summed E-state index contributed by atoms with van der Waals surface area (Å²) in [4.78, 5) is 35.2. The smallest absolute Gasteiger partial charge is 0.303 e. The molecule has 0 radical (unpaired) electrons. The van der Waals surface area contributed by atoms with Gasteiger partial charge in [0.1, 0.15) is 0 Å². The van der Waals surface area contributed by atoms with Crippen LogP contribution in [0, 0.1) is 0 Å². The molecule has 0 fully saturated rings. The first-order valence-electron chi connectivity index (χ1n) is 11.2. The highest BCUT2D eigenvalue weighted by molar-refractivity contribution is 7.14. The lowest BCUT2D eigenvalue weighted by Crippen LogP contribution is -2.47. The van der Waals surface area contributed by atoms with Gasteiger partial charge in [0, 0.05) is 11.3 Å². The Morgan fingerprint density at radius 3 is 2.38 bits per heavy atom. The molecule has 1 unspecified atom stereocenters. The Labute approximate surface area is 203 Å². The summed E-state index contributed by atoms with van der Waals surface area (Å²) in [6.07, 6.45) is 1.60. The minimum absolute atomic E-state index is 0.139. The Morgan fingerprint density at radius 1 is 0.971 bits per heavy atom. The van der Waals surface area contributed by atoms with Gasteiger partial charge >= 0.3 is 5.97 Å². The molecule has 3 aromatic rings. The minimum atomic E-state index is -0.976. The second-order valence-corrected chi connectivity index (χ2v) is 8.90. The first-order chi connectivity index (χ1) is 16.4. The van der Waals surface area contributed by atoms with Gasteiger partial charge in [-0.05, 0) is 59.5 Å². The zero-order chi connectivity index (χ0) is 24.3. The Balaban J connectivity index is 1.49. The van der Waals surface area contributed by atoms with Crippen LogP contribution in [-0.2, 0) is 20.8 Å². The van der Waals surface area contributed by atoms with E-state index in [-0.39, 0.29) is 19.4 Å². The molecule has 0 bridgehead atoms. The number of amides is 2. The maximum absolute atomic E-state index is 12.2. The van der Waals surface area contributed by atoms with Crippen LogP contribution in [0.3, 0.4) is 0 Å². The van der Waals surface area contributed by atoms with Gasteiger partial charge in [-0.25, -0.2) is 0 Å². The molecule has 0 aliphatic carbocycles. The molecular weight excluding hydrogens is 450 g/mol. The van der Waals surface area contributed by atoms with Gasteiger partial charge in [-0.15, -0.1) is 11.3 Å². The highest BCUT2D eigenvalue weighted by Gasteiger charge is 2.19. The van der Waals surface area contributed by atoms with Crippen molar-refractivity contribution < 1.29 is 19.5 Å². The second-order valence-electron chi connectivity index (χ2n) is 7.99. The molecule has 0 spiro atoms. The molecule has 178 valence electrons. The first-order valence-corrected chi connectivity index (χ1v) is 12.0. The summed E-state index contributed by atoms with van der Waals surface area (Å²) < 4.78 is 0. The van der Waals surface area contributed by atoms with Crippen LogP contribution in [0.15, 0.2) is 66.0 Å². The SMILES string of the molecule is NC(=O)CNC(=O)C(CCC(=O)O)NCCCc1ccc(-c2cc(-c3ccccc3)cs2)cc1. The average Bonchev–Trinajstić information content (AvgIpc) is 3.33. The number of hydrogen-bond acceptors (Lipinski definition) is 5. The Hall–Kier alpha value is -3.49. The maximum atomic E-state index is 12.2. The summed E-state index contributed by atoms with van der Waals surface area (Å²) in [5.74, 6) is -2.04. The van der Waals surface area contributed by atoms with Crippen molar-refractivity contribution in [2.45, 2.75) is 31.7 Å². The molecule has 7 nitrogen and oxygen atoms in total. The monoisotopic (exact) mass is 479 g/mol. The van der Waals surface area contributed by atoms with Crippen LogP contribution >= 0.6 is 11.3 Å². The summed E-state index contributed by atoms with van der Waals surface area (Å²) in [6, 6.07) is 20.3. The van der Waals surface area contributed by atoms with Crippen molar-refractivity contribution >= 4 is 29.1 Å². The summed E-state index contributed by atoms with van der Waals surface area (Å²) in [5, 5.41) is 16.6. The number of benzene rings is 2. The van der Waals surface area contributed by atoms with E-state index in [0.717, 1.165) is 12.8 Å². The van der Waals surface area contributed by atoms with Gasteiger partial charge in [-0.2, -0.15) is 0 Å². The molecule has 0 aliphatic heterocycles. The fourth-order valence-corrected chi connectivity index (χ4v) is 4.49. The number of carboxylic acids is 1. The quantitative estimate of drug-likeness (QED) is 0.280. The van der Waals surface area contributed by atoms with Crippen molar-refractivity contribution in [2.75, 3.05) is 13.1 Å². The molecule has 1 atom stereocenters. The van der Waals surface area contributed by atoms with E-state index in [1.807, 2.05) is 18.2 Å². The fraction of sp³-hybridized carbons (Fsp3) is 0.269. The van der Waals surface area contributed by atoms with E-state index >= 15 is 0 Å². The van der Waals surface area contributed by atoms with Gasteiger partial charge in [0.15, 0.2) is 0 Å². The van der Waals surface area contributed by atoms with E-state index < -0.39 is 23.8 Å². The van der Waals surface area contributed by atoms with Gasteiger partial charge < -0.3 is 21.5 Å². The van der Waals surface area contributed by atoms with Crippen LogP contribution < -0.4 is 16.4 Å². The molecule has 0 aliphatic rings. The van der Waals surface area contributed by atoms with Crippen molar-refractivity contribution in [1.29, 1.82) is 0 Å². The Bertz CT molecular complexity index is 1100. The molecule has 3 rings (SSSR count). The average molecular weight is 480 g/mol. The van der Waals surface area contributed by atoms with Crippen molar-refractivity contribution in [3.63, 3.8) is 0 Å². The maximum Gasteiger partial charge on any atom is 0.303 e. The van der Waals surface area contributed by atoms with E-state index in [9.17, 15) is 14.4 Å². The van der Waals surface area contributed by atoms with Crippen molar-refractivity contribution in [2.24, 2.45) is 5.73 Å². The number of nitrogens with one attached hydrogen (secondary N) is 2. The molecule has 5 N–H and O–H groups in total. The lowest BCUT2D eigenvalue weighted by Gasteiger charge is -2.17. The van der Waals surface area contributed by atoms with E-state index in [1.165, 1.54) is 27.1 Å². The molecule has 1 heterocycles. The fourth-order valence-electron chi connectivity index (χ4n) is 3.57. The number of carboxylic acid groups (broad SMARTS) is 1. The van der Waals surface area contributed by atoms with E-state index in [2.05, 4.69) is 58.5 Å². The highest BCUT2D eigenvalue weighted by Crippen LogP contribution is 2.32. The van der Waals surface area contributed by atoms with E-state index in [4.69, 9.17) is 10.8 Å². The van der Waals surface area contributed by atoms with Crippen LogP contribution in [0.5, 0.6) is 0 Å². The third kappa shape index (κ3) is 7.83. The first kappa shape index (κ1) is 25.1. The molecule has 2 amide bonds. The predicted octanol–water partition coefficient (Wildman–Crippen LogP) is 3.44. The number of carbonyl (C=O) groups excluding carboxylic acids is 2. The molecule has 0 saturated heterocycles. The van der Waals surface area contributed by atoms with Crippen LogP contribution in [0.1, 0.15) is 24.8 Å². The number of thiophene rings is 1. The van der Waals surface area contributed by atoms with Crippen LogP contribution in [0.2, 0.25) is 0 Å². The normalized spacial score (nSPS) is 11.6. The van der Waals surface area contributed by atoms with Crippen LogP contribution in [-0.4, -0.2) is 42.0 Å². The third-order valence-electron chi connectivity index (χ3n) is 5.38. The highest BCUT2D eigenvalue weighted by atomic mass is 32.1. The molecule has 2 aromatic carbocycles. The van der Waals surface area contributed by atoms with Gasteiger partial charge in [0.05, 0.1) is 12.6 Å². The number of rotatable bonds is 13. The number of aryl methyl sites for hydroxylation is 1. The van der Waals surface area contributed by atoms with Gasteiger partial charge in [0.25, 0.3) is 0 Å². The van der Waals surface area contributed by atoms with E-state index in [0.29, 0.717) is 6.54 Å². The zero-order valence-corrected chi connectivity index (χ0v) is 19.6. The zero-order valence-electron chi connectivity index (χ0n) is 18.8. The van der Waals surface area contributed by atoms with Crippen LogP contribution in [0.25, 0.3) is 21.6 Å². The topological polar surface area (TPSA) is 122 Å². The molecular formula is C26H29N3O4S. The molecule has 0 saturated carbocycles. The standard InChI is InChI=1S/C26H29N3O4S/c27-24(30)16-29-26(33)22(12-13-25(31)32)28-14-4-5-18-8-10-20(11-9-18)23-15-21(17-34-23)19-6-2-1-3-7-19/h1-3,6-11,15,17,22,28H,4-5,12-14,16H2,(H2,27,30)(H,29,33)(H,31,32). The number of primary amides is 1. The van der Waals surface area contributed by atoms with Gasteiger partial charge in [-0.1, -0.05) is 54.6 Å². The number of aliphatic carboxylic acids is 1. The predicted molar refractivity (Wildman–Crippen MR) is 134 cm³/mol. The second kappa shape index (κ2) is 12.7. The molecule has 8 heteroatoms. The van der Waals surface area contributed by atoms with E-state index in [1.54, 1.807) is 11.3 Å². The summed E-state index contributed by atoms with van der Waals surface area (Å²) >= 11 is 1.72. The third-order valence-corrected chi connectivity index (χ3v) is 6.36. The number of carbonyl (C=O) groups is 3. The Morgan fingerprint density at radius 2 is 1.71 bits per heavy atom.